The monoisotopic (exact) mass is 252 g/mol. The second-order valence-corrected chi connectivity index (χ2v) is 4.10. The standard InChI is InChI=1S/C3HF5N4O2S/c4-2(5,6)3(7,8)15(13,14)1-9-11-12-10-1/h(H,9,10,11,12). The molecule has 1 rings (SSSR count). The number of aromatic amines is 1. The number of hydrogen-bond acceptors (Lipinski definition) is 5. The van der Waals surface area contributed by atoms with Gasteiger partial charge in [0.2, 0.25) is 0 Å². The average Bonchev–Trinajstić information content (AvgIpc) is 2.53. The highest BCUT2D eigenvalue weighted by atomic mass is 32.2. The fourth-order valence-corrected chi connectivity index (χ4v) is 1.38. The molecule has 0 radical (unpaired) electrons. The van der Waals surface area contributed by atoms with Gasteiger partial charge in [0.25, 0.3) is 15.0 Å². The predicted molar refractivity (Wildman–Crippen MR) is 32.4 cm³/mol. The zero-order valence-corrected chi connectivity index (χ0v) is 7.27. The molecule has 0 atom stereocenters. The summed E-state index contributed by atoms with van der Waals surface area (Å²) in [5.41, 5.74) is 0. The summed E-state index contributed by atoms with van der Waals surface area (Å²) in [5.74, 6) is 0. The maximum absolute atomic E-state index is 12.4. The fraction of sp³-hybridized carbons (Fsp3) is 0.667. The first-order valence-corrected chi connectivity index (χ1v) is 4.51. The van der Waals surface area contributed by atoms with Crippen LogP contribution in [-0.4, -0.2) is 40.5 Å². The van der Waals surface area contributed by atoms with Gasteiger partial charge in [0, 0.05) is 0 Å². The third-order valence-corrected chi connectivity index (χ3v) is 2.79. The quantitative estimate of drug-likeness (QED) is 0.755. The molecule has 0 aromatic carbocycles. The lowest BCUT2D eigenvalue weighted by Gasteiger charge is -2.17. The average molecular weight is 252 g/mol. The van der Waals surface area contributed by atoms with Crippen LogP contribution in [0.5, 0.6) is 0 Å². The van der Waals surface area contributed by atoms with Crippen LogP contribution in [0.4, 0.5) is 22.0 Å². The lowest BCUT2D eigenvalue weighted by Crippen LogP contribution is -2.44. The largest absolute Gasteiger partial charge is 0.469 e. The molecule has 1 heterocycles. The Kier molecular flexibility index (Phi) is 2.41. The van der Waals surface area contributed by atoms with Gasteiger partial charge in [-0.05, 0) is 5.21 Å². The van der Waals surface area contributed by atoms with E-state index in [2.05, 4.69) is 15.4 Å². The number of hydrogen-bond donors (Lipinski definition) is 1. The van der Waals surface area contributed by atoms with E-state index in [0.717, 1.165) is 0 Å². The Morgan fingerprint density at radius 3 is 2.00 bits per heavy atom. The SMILES string of the molecule is O=S(=O)(c1nn[nH]n1)C(F)(F)C(F)(F)F. The van der Waals surface area contributed by atoms with Crippen LogP contribution < -0.4 is 0 Å². The molecule has 6 nitrogen and oxygen atoms in total. The topological polar surface area (TPSA) is 88.6 Å². The zero-order valence-electron chi connectivity index (χ0n) is 6.46. The van der Waals surface area contributed by atoms with Crippen molar-refractivity contribution in [3.8, 4) is 0 Å². The van der Waals surface area contributed by atoms with Crippen molar-refractivity contribution in [1.82, 2.24) is 20.6 Å². The summed E-state index contributed by atoms with van der Waals surface area (Å²) in [7, 11) is -6.03. The summed E-state index contributed by atoms with van der Waals surface area (Å²) >= 11 is 0. The molecule has 1 aromatic heterocycles. The number of alkyl halides is 5. The van der Waals surface area contributed by atoms with E-state index >= 15 is 0 Å². The number of sulfone groups is 1. The van der Waals surface area contributed by atoms with Gasteiger partial charge < -0.3 is 0 Å². The first-order valence-electron chi connectivity index (χ1n) is 3.03. The van der Waals surface area contributed by atoms with E-state index < -0.39 is 26.4 Å². The summed E-state index contributed by atoms with van der Waals surface area (Å²) in [6.07, 6.45) is -6.24. The lowest BCUT2D eigenvalue weighted by atomic mass is 10.7. The van der Waals surface area contributed by atoms with E-state index in [-0.39, 0.29) is 0 Å². The molecule has 1 aromatic rings. The number of aromatic nitrogens is 4. The molecule has 0 amide bonds. The van der Waals surface area contributed by atoms with Crippen LogP contribution in [0, 0.1) is 0 Å². The molecular weight excluding hydrogens is 251 g/mol. The molecule has 0 saturated carbocycles. The van der Waals surface area contributed by atoms with E-state index in [4.69, 9.17) is 0 Å². The molecule has 0 bridgehead atoms. The summed E-state index contributed by atoms with van der Waals surface area (Å²) in [6, 6.07) is 0. The number of tetrazole rings is 1. The molecule has 0 aliphatic carbocycles. The highest BCUT2D eigenvalue weighted by molar-refractivity contribution is 7.92. The third-order valence-electron chi connectivity index (χ3n) is 1.23. The highest BCUT2D eigenvalue weighted by Crippen LogP contribution is 2.41. The van der Waals surface area contributed by atoms with Gasteiger partial charge in [-0.3, -0.25) is 0 Å². The Morgan fingerprint density at radius 1 is 1.13 bits per heavy atom. The minimum absolute atomic E-state index is 1.47. The van der Waals surface area contributed by atoms with E-state index in [0.29, 0.717) is 0 Å². The molecule has 1 N–H and O–H groups in total. The molecule has 86 valence electrons. The Labute approximate surface area is 78.4 Å². The van der Waals surface area contributed by atoms with Crippen molar-refractivity contribution in [2.45, 2.75) is 16.6 Å². The van der Waals surface area contributed by atoms with Gasteiger partial charge in [-0.25, -0.2) is 8.42 Å². The maximum Gasteiger partial charge on any atom is 0.469 e. The Bertz CT molecular complexity index is 435. The van der Waals surface area contributed by atoms with Crippen molar-refractivity contribution >= 4 is 9.84 Å². The number of rotatable bonds is 2. The fourth-order valence-electron chi connectivity index (χ4n) is 0.533. The van der Waals surface area contributed by atoms with Crippen LogP contribution in [0.1, 0.15) is 0 Å². The van der Waals surface area contributed by atoms with Crippen LogP contribution in [0.3, 0.4) is 0 Å². The van der Waals surface area contributed by atoms with Gasteiger partial charge in [0.05, 0.1) is 0 Å². The molecule has 0 spiro atoms. The molecule has 12 heteroatoms. The predicted octanol–water partition coefficient (Wildman–Crippen LogP) is 0.128. The second-order valence-electron chi connectivity index (χ2n) is 2.21. The minimum atomic E-state index is -6.24. The van der Waals surface area contributed by atoms with Gasteiger partial charge in [-0.15, -0.1) is 5.10 Å². The van der Waals surface area contributed by atoms with Crippen molar-refractivity contribution in [1.29, 1.82) is 0 Å². The molecule has 0 fully saturated rings. The number of nitrogens with zero attached hydrogens (tertiary/aromatic N) is 3. The van der Waals surface area contributed by atoms with Crippen molar-refractivity contribution in [3.63, 3.8) is 0 Å². The van der Waals surface area contributed by atoms with Crippen LogP contribution in [0.2, 0.25) is 0 Å². The normalized spacial score (nSPS) is 14.2. The van der Waals surface area contributed by atoms with Crippen LogP contribution in [0.15, 0.2) is 5.16 Å². The van der Waals surface area contributed by atoms with E-state index in [1.165, 1.54) is 5.21 Å². The van der Waals surface area contributed by atoms with Gasteiger partial charge in [-0.1, -0.05) is 5.10 Å². The van der Waals surface area contributed by atoms with Crippen molar-refractivity contribution in [3.05, 3.63) is 0 Å². The van der Waals surface area contributed by atoms with Crippen molar-refractivity contribution < 1.29 is 30.4 Å². The van der Waals surface area contributed by atoms with Crippen molar-refractivity contribution in [2.75, 3.05) is 0 Å². The van der Waals surface area contributed by atoms with E-state index in [9.17, 15) is 30.4 Å². The van der Waals surface area contributed by atoms with Gasteiger partial charge in [0.1, 0.15) is 0 Å². The number of halogens is 5. The Morgan fingerprint density at radius 2 is 1.67 bits per heavy atom. The second kappa shape index (κ2) is 3.08. The first kappa shape index (κ1) is 11.7. The summed E-state index contributed by atoms with van der Waals surface area (Å²) in [5, 5.41) is 1.45. The lowest BCUT2D eigenvalue weighted by molar-refractivity contribution is -0.241. The summed E-state index contributed by atoms with van der Waals surface area (Å²) < 4.78 is 81.4. The summed E-state index contributed by atoms with van der Waals surface area (Å²) in [4.78, 5) is 0. The number of nitrogens with one attached hydrogen (secondary N) is 1. The number of H-pyrrole nitrogens is 1. The van der Waals surface area contributed by atoms with Crippen LogP contribution in [0.25, 0.3) is 0 Å². The van der Waals surface area contributed by atoms with Crippen LogP contribution in [-0.2, 0) is 9.84 Å². The third kappa shape index (κ3) is 1.64. The van der Waals surface area contributed by atoms with Gasteiger partial charge in [0.15, 0.2) is 0 Å². The molecule has 0 aliphatic heterocycles. The first-order chi connectivity index (χ1) is 6.61. The smallest absolute Gasteiger partial charge is 0.214 e. The van der Waals surface area contributed by atoms with E-state index in [1.807, 2.05) is 0 Å². The molecule has 0 unspecified atom stereocenters. The molecule has 15 heavy (non-hydrogen) atoms. The molecule has 0 saturated heterocycles. The van der Waals surface area contributed by atoms with Gasteiger partial charge in [-0.2, -0.15) is 27.2 Å². The van der Waals surface area contributed by atoms with Crippen molar-refractivity contribution in [2.24, 2.45) is 0 Å². The van der Waals surface area contributed by atoms with Gasteiger partial charge >= 0.3 is 11.4 Å². The Balaban J connectivity index is 3.31. The van der Waals surface area contributed by atoms with Crippen LogP contribution >= 0.6 is 0 Å². The van der Waals surface area contributed by atoms with E-state index in [1.54, 1.807) is 0 Å². The molecular formula is C3HF5N4O2S. The maximum atomic E-state index is 12.4. The minimum Gasteiger partial charge on any atom is -0.214 e. The summed E-state index contributed by atoms with van der Waals surface area (Å²) in [6.45, 7) is 0. The Hall–Kier alpha value is -1.33. The zero-order chi connectivity index (χ0) is 11.9. The highest BCUT2D eigenvalue weighted by Gasteiger charge is 2.69. The molecule has 0 aliphatic rings.